The van der Waals surface area contributed by atoms with Gasteiger partial charge in [0.2, 0.25) is 0 Å². The Balaban J connectivity index is 1.98. The summed E-state index contributed by atoms with van der Waals surface area (Å²) in [7, 11) is -6.33. The lowest BCUT2D eigenvalue weighted by Crippen LogP contribution is -2.38. The number of benzene rings is 1. The summed E-state index contributed by atoms with van der Waals surface area (Å²) < 4.78 is 49.7. The van der Waals surface area contributed by atoms with Crippen LogP contribution in [-0.2, 0) is 39.2 Å². The number of methoxy groups -OCH3 is 2. The zero-order valence-corrected chi connectivity index (χ0v) is 16.7. The maximum absolute atomic E-state index is 11.8. The maximum Gasteiger partial charge on any atom is 0.340 e. The summed E-state index contributed by atoms with van der Waals surface area (Å²) in [5.74, 6) is -1.27. The summed E-state index contributed by atoms with van der Waals surface area (Å²) in [6.45, 7) is -0.163. The summed E-state index contributed by atoms with van der Waals surface area (Å²) >= 11 is 0. The molecule has 0 amide bonds. The predicted molar refractivity (Wildman–Crippen MR) is 94.2 cm³/mol. The van der Waals surface area contributed by atoms with Crippen molar-refractivity contribution in [2.45, 2.75) is 31.2 Å². The normalized spacial score (nSPS) is 28.2. The molecule has 1 aliphatic rings. The predicted octanol–water partition coefficient (Wildman–Crippen LogP) is 1.30. The van der Waals surface area contributed by atoms with Gasteiger partial charge in [-0.05, 0) is 5.56 Å². The standard InChI is InChI=1S/C15H24O10P2/c1-21-13-12(9-24-27(19,20)10-26(16,17)18)25-15(14(13)22-2)23-8-11-6-4-3-5-7-11/h3-7,12-15H,8-10H2,1-2H3,(H,19,20)(H2,16,17,18). The Morgan fingerprint density at radius 1 is 1.04 bits per heavy atom. The molecule has 1 heterocycles. The highest BCUT2D eigenvalue weighted by Gasteiger charge is 2.47. The molecule has 2 rings (SSSR count). The van der Waals surface area contributed by atoms with Crippen molar-refractivity contribution in [3.05, 3.63) is 35.9 Å². The molecule has 1 fully saturated rings. The SMILES string of the molecule is COC1C(COP(=O)(O)CP(=O)(O)O)OC(OCc2ccccc2)C1OC. The van der Waals surface area contributed by atoms with Gasteiger partial charge < -0.3 is 38.2 Å². The summed E-state index contributed by atoms with van der Waals surface area (Å²) in [5.41, 5.74) is 0.922. The molecule has 1 aliphatic heterocycles. The second-order valence-electron chi connectivity index (χ2n) is 5.98. The molecule has 3 N–H and O–H groups in total. The molecule has 154 valence electrons. The number of ether oxygens (including phenoxy) is 4. The Morgan fingerprint density at radius 3 is 2.22 bits per heavy atom. The van der Waals surface area contributed by atoms with Crippen molar-refractivity contribution in [3.8, 4) is 0 Å². The van der Waals surface area contributed by atoms with E-state index in [-0.39, 0.29) is 6.61 Å². The van der Waals surface area contributed by atoms with Crippen molar-refractivity contribution >= 4 is 15.2 Å². The van der Waals surface area contributed by atoms with E-state index in [9.17, 15) is 14.0 Å². The molecule has 0 bridgehead atoms. The highest BCUT2D eigenvalue weighted by molar-refractivity contribution is 7.70. The van der Waals surface area contributed by atoms with Crippen molar-refractivity contribution < 1.29 is 47.3 Å². The summed E-state index contributed by atoms with van der Waals surface area (Å²) in [4.78, 5) is 27.3. The third kappa shape index (κ3) is 7.03. The fraction of sp³-hybridized carbons (Fsp3) is 0.600. The van der Waals surface area contributed by atoms with Gasteiger partial charge in [0, 0.05) is 14.2 Å². The van der Waals surface area contributed by atoms with Gasteiger partial charge in [-0.3, -0.25) is 9.13 Å². The largest absolute Gasteiger partial charge is 0.376 e. The smallest absolute Gasteiger partial charge is 0.340 e. The molecule has 10 nitrogen and oxygen atoms in total. The maximum atomic E-state index is 11.8. The molecule has 1 aromatic carbocycles. The highest BCUT2D eigenvalue weighted by Crippen LogP contribution is 2.55. The Morgan fingerprint density at radius 2 is 1.67 bits per heavy atom. The molecule has 0 spiro atoms. The van der Waals surface area contributed by atoms with Crippen LogP contribution in [0, 0.1) is 0 Å². The molecule has 5 atom stereocenters. The minimum atomic E-state index is -4.70. The van der Waals surface area contributed by atoms with E-state index >= 15 is 0 Å². The van der Waals surface area contributed by atoms with Crippen LogP contribution in [0.25, 0.3) is 0 Å². The first-order valence-electron chi connectivity index (χ1n) is 8.03. The number of hydrogen-bond acceptors (Lipinski definition) is 7. The Labute approximate surface area is 157 Å². The molecule has 1 saturated heterocycles. The lowest BCUT2D eigenvalue weighted by atomic mass is 10.1. The lowest BCUT2D eigenvalue weighted by Gasteiger charge is -2.22. The van der Waals surface area contributed by atoms with Crippen molar-refractivity contribution in [3.63, 3.8) is 0 Å². The molecule has 0 aromatic heterocycles. The number of hydrogen-bond donors (Lipinski definition) is 3. The Bertz CT molecular complexity index is 678. The van der Waals surface area contributed by atoms with Crippen molar-refractivity contribution in [1.82, 2.24) is 0 Å². The van der Waals surface area contributed by atoms with Crippen LogP contribution >= 0.6 is 15.2 Å². The van der Waals surface area contributed by atoms with Crippen LogP contribution in [0.4, 0.5) is 0 Å². The van der Waals surface area contributed by atoms with Gasteiger partial charge in [0.25, 0.3) is 0 Å². The number of rotatable bonds is 10. The lowest BCUT2D eigenvalue weighted by molar-refractivity contribution is -0.180. The average Bonchev–Trinajstić information content (AvgIpc) is 2.94. The molecular weight excluding hydrogens is 402 g/mol. The zero-order chi connectivity index (χ0) is 20.1. The van der Waals surface area contributed by atoms with Crippen LogP contribution in [0.2, 0.25) is 0 Å². The van der Waals surface area contributed by atoms with Crippen LogP contribution < -0.4 is 0 Å². The molecular formula is C15H24O10P2. The molecule has 0 radical (unpaired) electrons. The van der Waals surface area contributed by atoms with Gasteiger partial charge >= 0.3 is 15.2 Å². The van der Waals surface area contributed by atoms with Gasteiger partial charge in [0.15, 0.2) is 12.2 Å². The van der Waals surface area contributed by atoms with Gasteiger partial charge in [-0.15, -0.1) is 0 Å². The third-order valence-electron chi connectivity index (χ3n) is 3.87. The van der Waals surface area contributed by atoms with Gasteiger partial charge in [0.05, 0.1) is 13.2 Å². The summed E-state index contributed by atoms with van der Waals surface area (Å²) in [6, 6.07) is 9.39. The molecule has 1 aromatic rings. The van der Waals surface area contributed by atoms with E-state index < -0.39 is 52.3 Å². The van der Waals surface area contributed by atoms with Gasteiger partial charge in [-0.1, -0.05) is 30.3 Å². The quantitative estimate of drug-likeness (QED) is 0.469. The van der Waals surface area contributed by atoms with E-state index in [0.29, 0.717) is 0 Å². The summed E-state index contributed by atoms with van der Waals surface area (Å²) in [5, 5.41) is 0. The highest BCUT2D eigenvalue weighted by atomic mass is 31.2. The van der Waals surface area contributed by atoms with E-state index in [2.05, 4.69) is 0 Å². The fourth-order valence-corrected chi connectivity index (χ4v) is 5.28. The Kier molecular flexibility index (Phi) is 8.15. The van der Waals surface area contributed by atoms with Gasteiger partial charge in [-0.25, -0.2) is 0 Å². The molecule has 0 saturated carbocycles. The van der Waals surface area contributed by atoms with Crippen molar-refractivity contribution in [1.29, 1.82) is 0 Å². The minimum absolute atomic E-state index is 0.256. The second-order valence-corrected chi connectivity index (χ2v) is 9.97. The average molecular weight is 426 g/mol. The van der Waals surface area contributed by atoms with Crippen LogP contribution in [0.1, 0.15) is 5.56 Å². The molecule has 27 heavy (non-hydrogen) atoms. The van der Waals surface area contributed by atoms with Crippen LogP contribution in [0.3, 0.4) is 0 Å². The fourth-order valence-electron chi connectivity index (χ4n) is 2.71. The second kappa shape index (κ2) is 9.71. The minimum Gasteiger partial charge on any atom is -0.376 e. The van der Waals surface area contributed by atoms with Gasteiger partial charge in [0.1, 0.15) is 18.3 Å². The first-order valence-corrected chi connectivity index (χ1v) is 11.6. The Hall–Kier alpha value is -0.640. The van der Waals surface area contributed by atoms with Crippen LogP contribution in [-0.4, -0.2) is 66.0 Å². The van der Waals surface area contributed by atoms with Crippen LogP contribution in [0.5, 0.6) is 0 Å². The first kappa shape index (κ1) is 22.6. The van der Waals surface area contributed by atoms with E-state index in [4.69, 9.17) is 33.3 Å². The van der Waals surface area contributed by atoms with E-state index in [1.807, 2.05) is 30.3 Å². The molecule has 0 aliphatic carbocycles. The molecule has 5 unspecified atom stereocenters. The van der Waals surface area contributed by atoms with Crippen molar-refractivity contribution in [2.75, 3.05) is 26.7 Å². The van der Waals surface area contributed by atoms with E-state index in [1.165, 1.54) is 14.2 Å². The molecule has 12 heteroatoms. The third-order valence-corrected chi connectivity index (χ3v) is 7.33. The zero-order valence-electron chi connectivity index (χ0n) is 14.9. The van der Waals surface area contributed by atoms with E-state index in [1.54, 1.807) is 0 Å². The monoisotopic (exact) mass is 426 g/mol. The summed E-state index contributed by atoms with van der Waals surface area (Å²) in [6.07, 6.45) is -2.91. The first-order chi connectivity index (χ1) is 12.6. The van der Waals surface area contributed by atoms with E-state index in [0.717, 1.165) is 5.56 Å². The topological polar surface area (TPSA) is 141 Å². The van der Waals surface area contributed by atoms with Crippen molar-refractivity contribution in [2.24, 2.45) is 0 Å². The van der Waals surface area contributed by atoms with Crippen LogP contribution in [0.15, 0.2) is 30.3 Å². The van der Waals surface area contributed by atoms with Gasteiger partial charge in [-0.2, -0.15) is 0 Å².